The van der Waals surface area contributed by atoms with Gasteiger partial charge < -0.3 is 14.2 Å². The summed E-state index contributed by atoms with van der Waals surface area (Å²) in [4.78, 5) is 12.7. The first kappa shape index (κ1) is 25.6. The van der Waals surface area contributed by atoms with Crippen molar-refractivity contribution >= 4 is 5.97 Å². The van der Waals surface area contributed by atoms with Gasteiger partial charge in [-0.1, -0.05) is 45.9 Å². The Kier molecular flexibility index (Phi) is 6.10. The van der Waals surface area contributed by atoms with E-state index in [0.29, 0.717) is 46.2 Å². The van der Waals surface area contributed by atoms with Crippen LogP contribution in [0.15, 0.2) is 30.3 Å². The zero-order valence-electron chi connectivity index (χ0n) is 24.0. The fourth-order valence-corrected chi connectivity index (χ4v) is 11.1. The lowest BCUT2D eigenvalue weighted by Crippen LogP contribution is -2.55. The van der Waals surface area contributed by atoms with Gasteiger partial charge in [0, 0.05) is 12.3 Å². The van der Waals surface area contributed by atoms with Crippen molar-refractivity contribution in [1.29, 1.82) is 0 Å². The van der Waals surface area contributed by atoms with E-state index in [1.54, 1.807) is 0 Å². The normalized spacial score (nSPS) is 51.5. The van der Waals surface area contributed by atoms with Crippen molar-refractivity contribution in [2.45, 2.75) is 110 Å². The van der Waals surface area contributed by atoms with Crippen LogP contribution in [0.4, 0.5) is 0 Å². The molecule has 0 bridgehead atoms. The van der Waals surface area contributed by atoms with E-state index < -0.39 is 0 Å². The number of fused-ring (bicyclic) bond motifs is 7. The highest BCUT2D eigenvalue weighted by Crippen LogP contribution is 2.71. The Labute approximate surface area is 229 Å². The van der Waals surface area contributed by atoms with Crippen LogP contribution in [0.2, 0.25) is 0 Å². The Morgan fingerprint density at radius 3 is 2.45 bits per heavy atom. The molecule has 4 nitrogen and oxygen atoms in total. The fourth-order valence-electron chi connectivity index (χ4n) is 11.1. The first-order chi connectivity index (χ1) is 18.2. The van der Waals surface area contributed by atoms with Crippen molar-refractivity contribution in [3.05, 3.63) is 35.9 Å². The summed E-state index contributed by atoms with van der Waals surface area (Å²) in [6, 6.07) is 9.51. The summed E-state index contributed by atoms with van der Waals surface area (Å²) < 4.78 is 19.5. The van der Waals surface area contributed by atoms with Gasteiger partial charge in [0.2, 0.25) is 0 Å². The van der Waals surface area contributed by atoms with E-state index in [-0.39, 0.29) is 17.9 Å². The largest absolute Gasteiger partial charge is 0.459 e. The van der Waals surface area contributed by atoms with E-state index in [1.807, 2.05) is 30.3 Å². The third-order valence-electron chi connectivity index (χ3n) is 13.2. The second-order valence-corrected chi connectivity index (χ2v) is 14.8. The molecule has 0 amide bonds. The predicted molar refractivity (Wildman–Crippen MR) is 147 cm³/mol. The van der Waals surface area contributed by atoms with Gasteiger partial charge in [0.25, 0.3) is 0 Å². The Bertz CT molecular complexity index is 1050. The van der Waals surface area contributed by atoms with E-state index in [0.717, 1.165) is 43.6 Å². The smallest absolute Gasteiger partial charge is 0.338 e. The maximum atomic E-state index is 12.7. The molecular formula is C34H48O4. The monoisotopic (exact) mass is 520 g/mol. The second kappa shape index (κ2) is 9.06. The van der Waals surface area contributed by atoms with E-state index in [2.05, 4.69) is 27.7 Å². The van der Waals surface area contributed by atoms with E-state index >= 15 is 0 Å². The summed E-state index contributed by atoms with van der Waals surface area (Å²) in [6.07, 6.45) is 12.6. The summed E-state index contributed by atoms with van der Waals surface area (Å²) in [5, 5.41) is 0. The number of benzene rings is 1. The van der Waals surface area contributed by atoms with Crippen molar-refractivity contribution in [3.63, 3.8) is 0 Å². The zero-order chi connectivity index (χ0) is 26.3. The number of hydrogen-bond acceptors (Lipinski definition) is 4. The molecule has 4 aliphatic carbocycles. The summed E-state index contributed by atoms with van der Waals surface area (Å²) in [5.41, 5.74) is 1.44. The Balaban J connectivity index is 1.05. The topological polar surface area (TPSA) is 44.8 Å². The van der Waals surface area contributed by atoms with Crippen molar-refractivity contribution < 1.29 is 19.0 Å². The third-order valence-corrected chi connectivity index (χ3v) is 13.2. The molecule has 2 saturated heterocycles. The lowest BCUT2D eigenvalue weighted by atomic mass is 9.44. The van der Waals surface area contributed by atoms with Crippen LogP contribution in [0.5, 0.6) is 0 Å². The van der Waals surface area contributed by atoms with Gasteiger partial charge in [-0.3, -0.25) is 0 Å². The quantitative estimate of drug-likeness (QED) is 0.376. The first-order valence-corrected chi connectivity index (χ1v) is 15.8. The van der Waals surface area contributed by atoms with Gasteiger partial charge in [0.15, 0.2) is 5.79 Å². The zero-order valence-corrected chi connectivity index (χ0v) is 24.0. The van der Waals surface area contributed by atoms with Crippen molar-refractivity contribution in [3.8, 4) is 0 Å². The Morgan fingerprint density at radius 2 is 1.68 bits per heavy atom. The molecule has 38 heavy (non-hydrogen) atoms. The summed E-state index contributed by atoms with van der Waals surface area (Å²) in [6.45, 7) is 10.9. The van der Waals surface area contributed by atoms with Crippen LogP contribution in [0.3, 0.4) is 0 Å². The molecule has 7 rings (SSSR count). The molecule has 3 unspecified atom stereocenters. The minimum absolute atomic E-state index is 0.0701. The number of ether oxygens (including phenoxy) is 3. The van der Waals surface area contributed by atoms with Gasteiger partial charge in [-0.25, -0.2) is 4.79 Å². The van der Waals surface area contributed by atoms with Gasteiger partial charge in [0.05, 0.1) is 18.3 Å². The molecule has 2 heterocycles. The molecule has 0 radical (unpaired) electrons. The molecule has 1 aromatic carbocycles. The van der Waals surface area contributed by atoms with E-state index in [9.17, 15) is 4.79 Å². The maximum absolute atomic E-state index is 12.7. The van der Waals surface area contributed by atoms with Crippen molar-refractivity contribution in [1.82, 2.24) is 0 Å². The van der Waals surface area contributed by atoms with Crippen LogP contribution < -0.4 is 0 Å². The van der Waals surface area contributed by atoms with Crippen LogP contribution >= 0.6 is 0 Å². The highest BCUT2D eigenvalue weighted by molar-refractivity contribution is 5.89. The molecule has 208 valence electrons. The number of hydrogen-bond donors (Lipinski definition) is 0. The van der Waals surface area contributed by atoms with Crippen molar-refractivity contribution in [2.75, 3.05) is 6.61 Å². The van der Waals surface area contributed by atoms with Gasteiger partial charge in [-0.05, 0) is 116 Å². The summed E-state index contributed by atoms with van der Waals surface area (Å²) in [7, 11) is 0. The van der Waals surface area contributed by atoms with Gasteiger partial charge in [0.1, 0.15) is 6.10 Å². The third kappa shape index (κ3) is 3.71. The molecule has 1 spiro atoms. The molecule has 6 fully saturated rings. The second-order valence-electron chi connectivity index (χ2n) is 14.8. The van der Waals surface area contributed by atoms with Crippen LogP contribution in [0.25, 0.3) is 0 Å². The molecule has 6 aliphatic rings. The molecule has 4 saturated carbocycles. The average molecular weight is 521 g/mol. The van der Waals surface area contributed by atoms with Crippen LogP contribution in [-0.4, -0.2) is 30.6 Å². The lowest BCUT2D eigenvalue weighted by molar-refractivity contribution is -0.273. The number of esters is 1. The molecule has 1 aromatic rings. The molecule has 0 N–H and O–H groups in total. The maximum Gasteiger partial charge on any atom is 0.338 e. The summed E-state index contributed by atoms with van der Waals surface area (Å²) in [5.74, 6) is 4.41. The van der Waals surface area contributed by atoms with E-state index in [4.69, 9.17) is 14.2 Å². The van der Waals surface area contributed by atoms with Gasteiger partial charge >= 0.3 is 5.97 Å². The standard InChI is InChI=1S/C34H48O4/c1-21-12-17-34(36-20-21)22(2)30-29(38-34)19-28-26-11-10-24-18-25(37-31(35)23-8-6-5-7-9-23)13-15-32(24,3)27(26)14-16-33(28,30)4/h5-9,21-22,24-30H,10-20H2,1-4H3/t21-,22+,24?,25-,26-,27?,28?,29+,30+,32+,33+,34-/m1/s1. The van der Waals surface area contributed by atoms with Crippen LogP contribution in [-0.2, 0) is 14.2 Å². The SMILES string of the molecule is C[C@@H]1CC[C@@]2(OC1)O[C@H]1CC3[C@@H]4CCC5C[C@H](OC(=O)c6ccccc6)CC[C@]5(C)C4CC[C@]3(C)[C@H]1[C@@H]2C. The molecular weight excluding hydrogens is 472 g/mol. The molecule has 2 aliphatic heterocycles. The van der Waals surface area contributed by atoms with Crippen LogP contribution in [0, 0.1) is 52.3 Å². The highest BCUT2D eigenvalue weighted by atomic mass is 16.7. The predicted octanol–water partition coefficient (Wildman–Crippen LogP) is 7.66. The first-order valence-electron chi connectivity index (χ1n) is 15.8. The molecule has 0 aromatic heterocycles. The van der Waals surface area contributed by atoms with Crippen molar-refractivity contribution in [2.24, 2.45) is 52.3 Å². The number of carbonyl (C=O) groups is 1. The minimum atomic E-state index is -0.314. The fraction of sp³-hybridized carbons (Fsp3) is 0.794. The number of rotatable bonds is 2. The molecule has 12 atom stereocenters. The molecule has 4 heteroatoms. The Morgan fingerprint density at radius 1 is 0.895 bits per heavy atom. The average Bonchev–Trinajstić information content (AvgIpc) is 3.36. The van der Waals surface area contributed by atoms with Gasteiger partial charge in [-0.15, -0.1) is 0 Å². The van der Waals surface area contributed by atoms with Gasteiger partial charge in [-0.2, -0.15) is 0 Å². The summed E-state index contributed by atoms with van der Waals surface area (Å²) >= 11 is 0. The minimum Gasteiger partial charge on any atom is -0.459 e. The lowest BCUT2D eigenvalue weighted by Gasteiger charge is -2.61. The Hall–Kier alpha value is -1.39. The highest BCUT2D eigenvalue weighted by Gasteiger charge is 2.69. The van der Waals surface area contributed by atoms with E-state index in [1.165, 1.54) is 44.9 Å². The van der Waals surface area contributed by atoms with Crippen LogP contribution in [0.1, 0.15) is 102 Å². The number of carbonyl (C=O) groups excluding carboxylic acids is 1.